The first-order valence-electron chi connectivity index (χ1n) is 10.4. The first kappa shape index (κ1) is 21.0. The Kier molecular flexibility index (Phi) is 7.38. The summed E-state index contributed by atoms with van der Waals surface area (Å²) in [4.78, 5) is 11.4. The minimum absolute atomic E-state index is 0.0619. The van der Waals surface area contributed by atoms with Gasteiger partial charge in [0.2, 0.25) is 0 Å². The van der Waals surface area contributed by atoms with Crippen LogP contribution in [-0.4, -0.2) is 59.8 Å². The van der Waals surface area contributed by atoms with E-state index < -0.39 is 0 Å². The average Bonchev–Trinajstić information content (AvgIpc) is 3.26. The fourth-order valence-electron chi connectivity index (χ4n) is 3.71. The molecule has 1 aromatic heterocycles. The number of hydrogen-bond acceptors (Lipinski definition) is 4. The smallest absolute Gasteiger partial charge is 0.194 e. The van der Waals surface area contributed by atoms with Crippen LogP contribution in [0, 0.1) is 5.92 Å². The maximum Gasteiger partial charge on any atom is 0.194 e. The van der Waals surface area contributed by atoms with E-state index >= 15 is 0 Å². The molecule has 1 fully saturated rings. The third kappa shape index (κ3) is 5.43. The van der Waals surface area contributed by atoms with Crippen LogP contribution in [0.3, 0.4) is 0 Å². The number of aliphatic imine (C=N–C) groups is 1. The van der Waals surface area contributed by atoms with E-state index in [2.05, 4.69) is 39.8 Å². The quantitative estimate of drug-likeness (QED) is 0.572. The van der Waals surface area contributed by atoms with Crippen LogP contribution in [0.5, 0.6) is 11.5 Å². The minimum Gasteiger partial charge on any atom is -0.493 e. The van der Waals surface area contributed by atoms with Crippen molar-refractivity contribution >= 4 is 5.96 Å². The SMILES string of the molecule is CCNC(=NCC(C)Oc1ccccc1OC)N1CCC(C)C(n2ccnc2)C1. The molecule has 7 nitrogen and oxygen atoms in total. The molecular weight excluding hydrogens is 366 g/mol. The van der Waals surface area contributed by atoms with E-state index in [9.17, 15) is 0 Å². The lowest BCUT2D eigenvalue weighted by Gasteiger charge is -2.39. The van der Waals surface area contributed by atoms with Crippen molar-refractivity contribution in [3.63, 3.8) is 0 Å². The van der Waals surface area contributed by atoms with Gasteiger partial charge in [-0.3, -0.25) is 0 Å². The lowest BCUT2D eigenvalue weighted by atomic mass is 9.93. The van der Waals surface area contributed by atoms with Crippen LogP contribution >= 0.6 is 0 Å². The Labute approximate surface area is 173 Å². The summed E-state index contributed by atoms with van der Waals surface area (Å²) in [5.41, 5.74) is 0. The van der Waals surface area contributed by atoms with E-state index in [1.807, 2.05) is 43.7 Å². The molecule has 0 aliphatic carbocycles. The second-order valence-electron chi connectivity index (χ2n) is 7.56. The largest absolute Gasteiger partial charge is 0.493 e. The standard InChI is InChI=1S/C22H33N5O2/c1-5-24-22(25-14-18(3)29-21-9-7-6-8-20(21)28-4)26-12-10-17(2)19(15-26)27-13-11-23-16-27/h6-9,11,13,16-19H,5,10,12,14-15H2,1-4H3,(H,24,25). The van der Waals surface area contributed by atoms with Gasteiger partial charge in [0.25, 0.3) is 0 Å². The first-order chi connectivity index (χ1) is 14.1. The number of methoxy groups -OCH3 is 1. The molecule has 29 heavy (non-hydrogen) atoms. The van der Waals surface area contributed by atoms with Crippen molar-refractivity contribution in [2.24, 2.45) is 10.9 Å². The van der Waals surface area contributed by atoms with Crippen LogP contribution in [0.2, 0.25) is 0 Å². The van der Waals surface area contributed by atoms with Crippen molar-refractivity contribution < 1.29 is 9.47 Å². The summed E-state index contributed by atoms with van der Waals surface area (Å²) >= 11 is 0. The zero-order valence-electron chi connectivity index (χ0n) is 17.9. The summed E-state index contributed by atoms with van der Waals surface area (Å²) in [6.45, 7) is 9.78. The normalized spacial score (nSPS) is 21.0. The van der Waals surface area contributed by atoms with Crippen molar-refractivity contribution in [1.82, 2.24) is 19.8 Å². The number of nitrogens with zero attached hydrogens (tertiary/aromatic N) is 4. The molecule has 1 N–H and O–H groups in total. The van der Waals surface area contributed by atoms with E-state index in [1.54, 1.807) is 7.11 Å². The summed E-state index contributed by atoms with van der Waals surface area (Å²) in [6.07, 6.45) is 6.88. The number of piperidine rings is 1. The van der Waals surface area contributed by atoms with Gasteiger partial charge < -0.3 is 24.3 Å². The molecule has 1 aromatic carbocycles. The van der Waals surface area contributed by atoms with Crippen LogP contribution in [0.4, 0.5) is 0 Å². The van der Waals surface area contributed by atoms with E-state index in [-0.39, 0.29) is 6.10 Å². The molecule has 0 radical (unpaired) electrons. The topological polar surface area (TPSA) is 63.9 Å². The number of nitrogens with one attached hydrogen (secondary N) is 1. The van der Waals surface area contributed by atoms with Crippen LogP contribution in [0.1, 0.15) is 33.2 Å². The molecule has 0 bridgehead atoms. The van der Waals surface area contributed by atoms with Crippen molar-refractivity contribution in [3.05, 3.63) is 43.0 Å². The monoisotopic (exact) mass is 399 g/mol. The Hall–Kier alpha value is -2.70. The molecule has 1 aliphatic rings. The van der Waals surface area contributed by atoms with E-state index in [4.69, 9.17) is 14.5 Å². The molecule has 0 saturated carbocycles. The molecule has 3 atom stereocenters. The summed E-state index contributed by atoms with van der Waals surface area (Å²) in [5.74, 6) is 3.04. The Morgan fingerprint density at radius 3 is 2.83 bits per heavy atom. The Bertz CT molecular complexity index is 777. The molecule has 158 valence electrons. The molecule has 3 rings (SSSR count). The molecule has 0 amide bonds. The van der Waals surface area contributed by atoms with E-state index in [0.29, 0.717) is 18.5 Å². The zero-order chi connectivity index (χ0) is 20.6. The number of hydrogen-bond donors (Lipinski definition) is 1. The number of guanidine groups is 1. The number of para-hydroxylation sites is 2. The lowest BCUT2D eigenvalue weighted by molar-refractivity contribution is 0.187. The number of imidazole rings is 1. The average molecular weight is 400 g/mol. The molecule has 7 heteroatoms. The van der Waals surface area contributed by atoms with Gasteiger partial charge in [0, 0.05) is 32.0 Å². The highest BCUT2D eigenvalue weighted by atomic mass is 16.5. The van der Waals surface area contributed by atoms with Gasteiger partial charge in [-0.05, 0) is 38.3 Å². The second-order valence-corrected chi connectivity index (χ2v) is 7.56. The maximum atomic E-state index is 6.06. The van der Waals surface area contributed by atoms with Gasteiger partial charge in [0.1, 0.15) is 6.10 Å². The van der Waals surface area contributed by atoms with Gasteiger partial charge in [0.05, 0.1) is 26.0 Å². The van der Waals surface area contributed by atoms with Gasteiger partial charge in [0.15, 0.2) is 17.5 Å². The molecule has 0 spiro atoms. The second kappa shape index (κ2) is 10.2. The number of rotatable bonds is 7. The number of aromatic nitrogens is 2. The van der Waals surface area contributed by atoms with Crippen molar-refractivity contribution in [2.45, 2.75) is 39.3 Å². The molecule has 3 unspecified atom stereocenters. The fourth-order valence-corrected chi connectivity index (χ4v) is 3.71. The first-order valence-corrected chi connectivity index (χ1v) is 10.4. The lowest BCUT2D eigenvalue weighted by Crippen LogP contribution is -2.49. The maximum absolute atomic E-state index is 6.06. The number of benzene rings is 1. The summed E-state index contributed by atoms with van der Waals surface area (Å²) in [6, 6.07) is 8.11. The van der Waals surface area contributed by atoms with Crippen molar-refractivity contribution in [1.29, 1.82) is 0 Å². The van der Waals surface area contributed by atoms with Gasteiger partial charge >= 0.3 is 0 Å². The zero-order valence-corrected chi connectivity index (χ0v) is 17.9. The van der Waals surface area contributed by atoms with E-state index in [0.717, 1.165) is 43.5 Å². The van der Waals surface area contributed by atoms with E-state index in [1.165, 1.54) is 0 Å². The van der Waals surface area contributed by atoms with Crippen molar-refractivity contribution in [3.8, 4) is 11.5 Å². The third-order valence-electron chi connectivity index (χ3n) is 5.36. The summed E-state index contributed by atoms with van der Waals surface area (Å²) in [7, 11) is 1.66. The molecule has 2 heterocycles. The molecule has 1 saturated heterocycles. The van der Waals surface area contributed by atoms with Crippen LogP contribution in [0.15, 0.2) is 48.0 Å². The van der Waals surface area contributed by atoms with Gasteiger partial charge in [-0.15, -0.1) is 0 Å². The highest BCUT2D eigenvalue weighted by Gasteiger charge is 2.29. The molecule has 2 aromatic rings. The Morgan fingerprint density at radius 1 is 1.34 bits per heavy atom. The van der Waals surface area contributed by atoms with Gasteiger partial charge in [-0.1, -0.05) is 19.1 Å². The predicted octanol–water partition coefficient (Wildman–Crippen LogP) is 3.21. The third-order valence-corrected chi connectivity index (χ3v) is 5.36. The highest BCUT2D eigenvalue weighted by Crippen LogP contribution is 2.28. The van der Waals surface area contributed by atoms with Crippen molar-refractivity contribution in [2.75, 3.05) is 33.3 Å². The Balaban J connectivity index is 1.66. The highest BCUT2D eigenvalue weighted by molar-refractivity contribution is 5.80. The number of ether oxygens (including phenoxy) is 2. The van der Waals surface area contributed by atoms with Gasteiger partial charge in [-0.2, -0.15) is 0 Å². The fraction of sp³-hybridized carbons (Fsp3) is 0.545. The molecular formula is C22H33N5O2. The molecule has 1 aliphatic heterocycles. The Morgan fingerprint density at radius 2 is 2.14 bits per heavy atom. The summed E-state index contributed by atoms with van der Waals surface area (Å²) < 4.78 is 13.6. The van der Waals surface area contributed by atoms with Crippen LogP contribution in [-0.2, 0) is 0 Å². The van der Waals surface area contributed by atoms with Crippen LogP contribution in [0.25, 0.3) is 0 Å². The van der Waals surface area contributed by atoms with Crippen LogP contribution < -0.4 is 14.8 Å². The predicted molar refractivity (Wildman–Crippen MR) is 116 cm³/mol. The minimum atomic E-state index is -0.0619. The summed E-state index contributed by atoms with van der Waals surface area (Å²) in [5, 5.41) is 3.45. The number of likely N-dealkylation sites (tertiary alicyclic amines) is 1. The van der Waals surface area contributed by atoms with Gasteiger partial charge in [-0.25, -0.2) is 9.98 Å².